The Morgan fingerprint density at radius 1 is 1.15 bits per heavy atom. The Morgan fingerprint density at radius 3 is 2.60 bits per heavy atom. The zero-order chi connectivity index (χ0) is 14.4. The van der Waals surface area contributed by atoms with E-state index in [-0.39, 0.29) is 0 Å². The van der Waals surface area contributed by atoms with Gasteiger partial charge in [-0.25, -0.2) is 0 Å². The van der Waals surface area contributed by atoms with Crippen LogP contribution in [0.25, 0.3) is 0 Å². The predicted molar refractivity (Wildman–Crippen MR) is 82.3 cm³/mol. The first-order valence-electron chi connectivity index (χ1n) is 6.72. The number of hydrogen-bond acceptors (Lipinski definition) is 3. The first-order chi connectivity index (χ1) is 9.63. The molecule has 0 unspecified atom stereocenters. The Bertz CT molecular complexity index is 540. The number of nitrogens with zero attached hydrogens (tertiary/aromatic N) is 1. The second kappa shape index (κ2) is 7.27. The van der Waals surface area contributed by atoms with Gasteiger partial charge in [0.25, 0.3) is 0 Å². The van der Waals surface area contributed by atoms with Crippen molar-refractivity contribution in [3.05, 3.63) is 53.3 Å². The largest absolute Gasteiger partial charge is 0.457 e. The molecule has 2 rings (SSSR count). The van der Waals surface area contributed by atoms with Crippen molar-refractivity contribution in [2.45, 2.75) is 20.4 Å². The molecule has 0 radical (unpaired) electrons. The van der Waals surface area contributed by atoms with E-state index < -0.39 is 0 Å². The van der Waals surface area contributed by atoms with Gasteiger partial charge in [-0.2, -0.15) is 0 Å². The van der Waals surface area contributed by atoms with Crippen LogP contribution in [0.4, 0.5) is 0 Å². The summed E-state index contributed by atoms with van der Waals surface area (Å²) in [4.78, 5) is 4.33. The van der Waals surface area contributed by atoms with E-state index in [0.29, 0.717) is 10.9 Å². The molecule has 4 heteroatoms. The zero-order valence-electron chi connectivity index (χ0n) is 11.8. The third-order valence-corrected chi connectivity index (χ3v) is 2.95. The van der Waals surface area contributed by atoms with Crippen molar-refractivity contribution in [1.82, 2.24) is 10.3 Å². The Hall–Kier alpha value is -1.58. The number of halogens is 1. The summed E-state index contributed by atoms with van der Waals surface area (Å²) in [6.45, 7) is 6.08. The van der Waals surface area contributed by atoms with Gasteiger partial charge >= 0.3 is 0 Å². The standard InChI is InChI=1S/C16H19ClN2O/c1-12(2)10-18-11-14-9-16(7-8-19-14)20-15-5-3-13(17)4-6-15/h3-9,12,18H,10-11H2,1-2H3. The van der Waals surface area contributed by atoms with Crippen LogP contribution >= 0.6 is 11.6 Å². The molecule has 0 aliphatic rings. The highest BCUT2D eigenvalue weighted by atomic mass is 35.5. The second-order valence-corrected chi connectivity index (χ2v) is 5.50. The van der Waals surface area contributed by atoms with Crippen molar-refractivity contribution in [1.29, 1.82) is 0 Å². The summed E-state index contributed by atoms with van der Waals surface area (Å²) in [5.41, 5.74) is 0.970. The molecule has 0 spiro atoms. The maximum Gasteiger partial charge on any atom is 0.130 e. The summed E-state index contributed by atoms with van der Waals surface area (Å²) in [5, 5.41) is 4.06. The van der Waals surface area contributed by atoms with E-state index >= 15 is 0 Å². The maximum absolute atomic E-state index is 5.85. The summed E-state index contributed by atoms with van der Waals surface area (Å²) in [6, 6.07) is 11.1. The summed E-state index contributed by atoms with van der Waals surface area (Å²) in [6.07, 6.45) is 1.76. The zero-order valence-corrected chi connectivity index (χ0v) is 12.5. The fourth-order valence-electron chi connectivity index (χ4n) is 1.74. The van der Waals surface area contributed by atoms with E-state index in [0.717, 1.165) is 30.3 Å². The summed E-state index contributed by atoms with van der Waals surface area (Å²) >= 11 is 5.85. The van der Waals surface area contributed by atoms with Gasteiger partial charge in [-0.3, -0.25) is 4.98 Å². The number of hydrogen-bond donors (Lipinski definition) is 1. The van der Waals surface area contributed by atoms with Crippen LogP contribution in [0, 0.1) is 5.92 Å². The number of nitrogens with one attached hydrogen (secondary N) is 1. The number of aromatic nitrogens is 1. The van der Waals surface area contributed by atoms with Crippen molar-refractivity contribution in [2.24, 2.45) is 5.92 Å². The van der Waals surface area contributed by atoms with Gasteiger partial charge in [0, 0.05) is 23.8 Å². The molecule has 1 heterocycles. The molecule has 1 aromatic heterocycles. The minimum atomic E-state index is 0.628. The van der Waals surface area contributed by atoms with Gasteiger partial charge in [0.2, 0.25) is 0 Å². The SMILES string of the molecule is CC(C)CNCc1cc(Oc2ccc(Cl)cc2)ccn1. The lowest BCUT2D eigenvalue weighted by atomic mass is 10.2. The van der Waals surface area contributed by atoms with Gasteiger partial charge in [0.15, 0.2) is 0 Å². The van der Waals surface area contributed by atoms with E-state index in [4.69, 9.17) is 16.3 Å². The molecule has 2 aromatic rings. The molecule has 0 atom stereocenters. The van der Waals surface area contributed by atoms with Gasteiger partial charge in [-0.05, 0) is 42.8 Å². The van der Waals surface area contributed by atoms with Gasteiger partial charge in [0.05, 0.1) is 5.69 Å². The maximum atomic E-state index is 5.85. The van der Waals surface area contributed by atoms with Gasteiger partial charge in [0.1, 0.15) is 11.5 Å². The van der Waals surface area contributed by atoms with Crippen LogP contribution in [-0.2, 0) is 6.54 Å². The number of rotatable bonds is 6. The fourth-order valence-corrected chi connectivity index (χ4v) is 1.87. The third kappa shape index (κ3) is 4.83. The highest BCUT2D eigenvalue weighted by Gasteiger charge is 2.01. The molecule has 106 valence electrons. The van der Waals surface area contributed by atoms with Crippen molar-refractivity contribution >= 4 is 11.6 Å². The average Bonchev–Trinajstić information content (AvgIpc) is 2.41. The molecule has 3 nitrogen and oxygen atoms in total. The molecule has 0 fully saturated rings. The second-order valence-electron chi connectivity index (χ2n) is 5.06. The number of benzene rings is 1. The molecule has 1 N–H and O–H groups in total. The molecular formula is C16H19ClN2O. The lowest BCUT2D eigenvalue weighted by molar-refractivity contribution is 0.479. The number of pyridine rings is 1. The van der Waals surface area contributed by atoms with E-state index in [9.17, 15) is 0 Å². The van der Waals surface area contributed by atoms with Gasteiger partial charge in [-0.1, -0.05) is 25.4 Å². The summed E-state index contributed by atoms with van der Waals surface area (Å²) in [5.74, 6) is 2.17. The molecule has 20 heavy (non-hydrogen) atoms. The molecule has 0 aliphatic carbocycles. The summed E-state index contributed by atoms with van der Waals surface area (Å²) in [7, 11) is 0. The van der Waals surface area contributed by atoms with Crippen LogP contribution in [0.5, 0.6) is 11.5 Å². The van der Waals surface area contributed by atoms with Crippen LogP contribution in [0.3, 0.4) is 0 Å². The lowest BCUT2D eigenvalue weighted by Crippen LogP contribution is -2.19. The van der Waals surface area contributed by atoms with Crippen LogP contribution in [0.2, 0.25) is 5.02 Å². The number of ether oxygens (including phenoxy) is 1. The van der Waals surface area contributed by atoms with E-state index in [1.165, 1.54) is 0 Å². The normalized spacial score (nSPS) is 10.8. The minimum Gasteiger partial charge on any atom is -0.457 e. The average molecular weight is 291 g/mol. The van der Waals surface area contributed by atoms with Crippen molar-refractivity contribution in [2.75, 3.05) is 6.54 Å². The predicted octanol–water partition coefficient (Wildman–Crippen LogP) is 4.27. The van der Waals surface area contributed by atoms with E-state index in [1.807, 2.05) is 36.4 Å². The molecular weight excluding hydrogens is 272 g/mol. The smallest absolute Gasteiger partial charge is 0.130 e. The topological polar surface area (TPSA) is 34.1 Å². The van der Waals surface area contributed by atoms with Crippen LogP contribution in [-0.4, -0.2) is 11.5 Å². The van der Waals surface area contributed by atoms with Crippen LogP contribution in [0.1, 0.15) is 19.5 Å². The molecule has 0 saturated heterocycles. The van der Waals surface area contributed by atoms with E-state index in [1.54, 1.807) is 6.20 Å². The Labute approximate surface area is 124 Å². The van der Waals surface area contributed by atoms with Crippen molar-refractivity contribution < 1.29 is 4.74 Å². The van der Waals surface area contributed by atoms with Gasteiger partial charge in [-0.15, -0.1) is 0 Å². The van der Waals surface area contributed by atoms with Crippen LogP contribution < -0.4 is 10.1 Å². The first kappa shape index (κ1) is 14.8. The molecule has 0 saturated carbocycles. The Morgan fingerprint density at radius 2 is 1.90 bits per heavy atom. The summed E-state index contributed by atoms with van der Waals surface area (Å²) < 4.78 is 5.78. The highest BCUT2D eigenvalue weighted by molar-refractivity contribution is 6.30. The van der Waals surface area contributed by atoms with Crippen LogP contribution in [0.15, 0.2) is 42.6 Å². The Kier molecular flexibility index (Phi) is 5.39. The highest BCUT2D eigenvalue weighted by Crippen LogP contribution is 2.23. The lowest BCUT2D eigenvalue weighted by Gasteiger charge is -2.09. The quantitative estimate of drug-likeness (QED) is 0.862. The van der Waals surface area contributed by atoms with Crippen molar-refractivity contribution in [3.8, 4) is 11.5 Å². The minimum absolute atomic E-state index is 0.628. The van der Waals surface area contributed by atoms with Crippen molar-refractivity contribution in [3.63, 3.8) is 0 Å². The van der Waals surface area contributed by atoms with E-state index in [2.05, 4.69) is 24.1 Å². The fraction of sp³-hybridized carbons (Fsp3) is 0.312. The first-order valence-corrected chi connectivity index (χ1v) is 7.10. The third-order valence-electron chi connectivity index (χ3n) is 2.70. The molecule has 0 bridgehead atoms. The Balaban J connectivity index is 1.96. The molecule has 0 aliphatic heterocycles. The molecule has 1 aromatic carbocycles. The monoisotopic (exact) mass is 290 g/mol. The van der Waals surface area contributed by atoms with Gasteiger partial charge < -0.3 is 10.1 Å². The molecule has 0 amide bonds.